The maximum Gasteiger partial charge on any atom is 0.223 e. The van der Waals surface area contributed by atoms with Crippen molar-refractivity contribution in [3.05, 3.63) is 94.8 Å². The van der Waals surface area contributed by atoms with Crippen LogP contribution in [-0.2, 0) is 17.8 Å². The molecule has 1 amide bonds. The van der Waals surface area contributed by atoms with E-state index < -0.39 is 0 Å². The van der Waals surface area contributed by atoms with Crippen molar-refractivity contribution in [2.24, 2.45) is 5.92 Å². The van der Waals surface area contributed by atoms with Crippen molar-refractivity contribution < 1.29 is 9.18 Å². The number of benzene rings is 3. The maximum atomic E-state index is 13.8. The molecule has 1 N–H and O–H groups in total. The van der Waals surface area contributed by atoms with Gasteiger partial charge in [-0.05, 0) is 66.8 Å². The predicted molar refractivity (Wildman–Crippen MR) is 138 cm³/mol. The highest BCUT2D eigenvalue weighted by molar-refractivity contribution is 6.30. The Kier molecular flexibility index (Phi) is 7.00. The molecule has 0 unspecified atom stereocenters. The normalized spacial score (nSPS) is 14.4. The first kappa shape index (κ1) is 23.4. The van der Waals surface area contributed by atoms with E-state index in [0.29, 0.717) is 18.1 Å². The van der Waals surface area contributed by atoms with Crippen molar-refractivity contribution in [3.8, 4) is 0 Å². The zero-order valence-corrected chi connectivity index (χ0v) is 20.2. The van der Waals surface area contributed by atoms with Crippen LogP contribution in [0.15, 0.2) is 72.8 Å². The van der Waals surface area contributed by atoms with Gasteiger partial charge in [-0.1, -0.05) is 48.0 Å². The molecule has 1 aliphatic rings. The highest BCUT2D eigenvalue weighted by atomic mass is 35.5. The van der Waals surface area contributed by atoms with Gasteiger partial charge in [0.2, 0.25) is 11.9 Å². The van der Waals surface area contributed by atoms with Crippen molar-refractivity contribution >= 4 is 34.5 Å². The third kappa shape index (κ3) is 5.49. The molecule has 0 spiro atoms. The second-order valence-electron chi connectivity index (χ2n) is 9.05. The van der Waals surface area contributed by atoms with E-state index in [1.807, 2.05) is 54.6 Å². The highest BCUT2D eigenvalue weighted by Gasteiger charge is 2.27. The average Bonchev–Trinajstić information content (AvgIpc) is 3.23. The minimum Gasteiger partial charge on any atom is -0.356 e. The number of hydrogen-bond acceptors (Lipinski definition) is 3. The molecule has 3 aromatic carbocycles. The molecule has 7 heteroatoms. The maximum absolute atomic E-state index is 13.8. The number of aromatic nitrogens is 2. The van der Waals surface area contributed by atoms with E-state index in [9.17, 15) is 9.18 Å². The summed E-state index contributed by atoms with van der Waals surface area (Å²) < 4.78 is 16.0. The van der Waals surface area contributed by atoms with Crippen molar-refractivity contribution in [1.82, 2.24) is 14.9 Å². The van der Waals surface area contributed by atoms with Crippen molar-refractivity contribution in [2.45, 2.75) is 25.8 Å². The lowest BCUT2D eigenvalue weighted by Crippen LogP contribution is -2.42. The van der Waals surface area contributed by atoms with E-state index in [2.05, 4.69) is 14.8 Å². The Bertz CT molecular complexity index is 1310. The standard InChI is InChI=1S/C28H28ClFN4O/c29-23-10-8-20(9-11-23)12-15-31-27(35)22-13-16-33(17-14-22)28-32-25-6-1-2-7-26(25)34(28)19-21-4-3-5-24(30)18-21/h1-11,18,22H,12-17,19H2,(H,31,35). The molecule has 0 aliphatic carbocycles. The Morgan fingerprint density at radius 2 is 1.77 bits per heavy atom. The Labute approximate surface area is 209 Å². The van der Waals surface area contributed by atoms with E-state index in [1.54, 1.807) is 12.1 Å². The number of para-hydroxylation sites is 2. The lowest BCUT2D eigenvalue weighted by atomic mass is 9.96. The molecule has 2 heterocycles. The second-order valence-corrected chi connectivity index (χ2v) is 9.48. The van der Waals surface area contributed by atoms with Crippen LogP contribution < -0.4 is 10.2 Å². The number of nitrogens with one attached hydrogen (secondary N) is 1. The van der Waals surface area contributed by atoms with Crippen LogP contribution >= 0.6 is 11.6 Å². The Hall–Kier alpha value is -3.38. The minimum absolute atomic E-state index is 0.00230. The average molecular weight is 491 g/mol. The van der Waals surface area contributed by atoms with E-state index in [-0.39, 0.29) is 17.6 Å². The molecule has 35 heavy (non-hydrogen) atoms. The number of nitrogens with zero attached hydrogens (tertiary/aromatic N) is 3. The van der Waals surface area contributed by atoms with E-state index in [1.165, 1.54) is 6.07 Å². The quantitative estimate of drug-likeness (QED) is 0.374. The molecule has 0 atom stereocenters. The first-order chi connectivity index (χ1) is 17.1. The first-order valence-corrected chi connectivity index (χ1v) is 12.4. The van der Waals surface area contributed by atoms with Crippen molar-refractivity contribution in [3.63, 3.8) is 0 Å². The topological polar surface area (TPSA) is 50.2 Å². The second kappa shape index (κ2) is 10.5. The Morgan fingerprint density at radius 1 is 1.00 bits per heavy atom. The van der Waals surface area contributed by atoms with Crippen LogP contribution in [-0.4, -0.2) is 35.1 Å². The van der Waals surface area contributed by atoms with Crippen molar-refractivity contribution in [2.75, 3.05) is 24.5 Å². The smallest absolute Gasteiger partial charge is 0.223 e. The fourth-order valence-electron chi connectivity index (χ4n) is 4.75. The van der Waals surface area contributed by atoms with Crippen LogP contribution in [0.4, 0.5) is 10.3 Å². The third-order valence-electron chi connectivity index (χ3n) is 6.64. The zero-order chi connectivity index (χ0) is 24.2. The number of amides is 1. The minimum atomic E-state index is -0.239. The largest absolute Gasteiger partial charge is 0.356 e. The van der Waals surface area contributed by atoms with Gasteiger partial charge in [0.15, 0.2) is 0 Å². The molecule has 1 aromatic heterocycles. The Balaban J connectivity index is 1.23. The van der Waals surface area contributed by atoms with Gasteiger partial charge in [-0.15, -0.1) is 0 Å². The molecule has 1 fully saturated rings. The number of carbonyl (C=O) groups excluding carboxylic acids is 1. The van der Waals surface area contributed by atoms with Gasteiger partial charge in [0.05, 0.1) is 17.6 Å². The van der Waals surface area contributed by atoms with Crippen molar-refractivity contribution in [1.29, 1.82) is 0 Å². The first-order valence-electron chi connectivity index (χ1n) is 12.0. The summed E-state index contributed by atoms with van der Waals surface area (Å²) in [7, 11) is 0. The van der Waals surface area contributed by atoms with Gasteiger partial charge in [0.25, 0.3) is 0 Å². The van der Waals surface area contributed by atoms with E-state index >= 15 is 0 Å². The summed E-state index contributed by atoms with van der Waals surface area (Å²) in [6.45, 7) is 2.66. The SMILES string of the molecule is O=C(NCCc1ccc(Cl)cc1)C1CCN(c2nc3ccccc3n2Cc2cccc(F)c2)CC1. The molecular formula is C28H28ClFN4O. The Morgan fingerprint density at radius 3 is 2.54 bits per heavy atom. The molecule has 4 aromatic rings. The van der Waals surface area contributed by atoms with Gasteiger partial charge in [-0.3, -0.25) is 4.79 Å². The number of halogens is 2. The lowest BCUT2D eigenvalue weighted by molar-refractivity contribution is -0.125. The van der Waals surface area contributed by atoms with Crippen LogP contribution in [0.5, 0.6) is 0 Å². The molecule has 1 aliphatic heterocycles. The van der Waals surface area contributed by atoms with Crippen LogP contribution in [0, 0.1) is 11.7 Å². The molecule has 5 nitrogen and oxygen atoms in total. The summed E-state index contributed by atoms with van der Waals surface area (Å²) in [5.41, 5.74) is 3.99. The number of hydrogen-bond donors (Lipinski definition) is 1. The monoisotopic (exact) mass is 490 g/mol. The van der Waals surface area contributed by atoms with Crippen LogP contribution in [0.3, 0.4) is 0 Å². The summed E-state index contributed by atoms with van der Waals surface area (Å²) in [6.07, 6.45) is 2.33. The zero-order valence-electron chi connectivity index (χ0n) is 19.5. The summed E-state index contributed by atoms with van der Waals surface area (Å²) in [4.78, 5) is 19.9. The van der Waals surface area contributed by atoms with E-state index in [4.69, 9.17) is 16.6 Å². The molecule has 0 radical (unpaired) electrons. The number of anilines is 1. The number of fused-ring (bicyclic) bond motifs is 1. The fourth-order valence-corrected chi connectivity index (χ4v) is 4.87. The number of piperidine rings is 1. The van der Waals surface area contributed by atoms with Crippen LogP contribution in [0.25, 0.3) is 11.0 Å². The van der Waals surface area contributed by atoms with Gasteiger partial charge in [0, 0.05) is 30.6 Å². The van der Waals surface area contributed by atoms with Gasteiger partial charge >= 0.3 is 0 Å². The molecule has 180 valence electrons. The molecule has 0 saturated carbocycles. The highest BCUT2D eigenvalue weighted by Crippen LogP contribution is 2.28. The summed E-state index contributed by atoms with van der Waals surface area (Å²) in [6, 6.07) is 22.4. The summed E-state index contributed by atoms with van der Waals surface area (Å²) in [5.74, 6) is 0.748. The third-order valence-corrected chi connectivity index (χ3v) is 6.89. The molecule has 0 bridgehead atoms. The molecule has 5 rings (SSSR count). The fraction of sp³-hybridized carbons (Fsp3) is 0.286. The number of carbonyl (C=O) groups is 1. The van der Waals surface area contributed by atoms with Gasteiger partial charge < -0.3 is 14.8 Å². The lowest BCUT2D eigenvalue weighted by Gasteiger charge is -2.32. The van der Waals surface area contributed by atoms with Crippen LogP contribution in [0.1, 0.15) is 24.0 Å². The van der Waals surface area contributed by atoms with Gasteiger partial charge in [-0.2, -0.15) is 0 Å². The van der Waals surface area contributed by atoms with Gasteiger partial charge in [0.1, 0.15) is 5.82 Å². The molecule has 1 saturated heterocycles. The van der Waals surface area contributed by atoms with E-state index in [0.717, 1.165) is 60.5 Å². The summed E-state index contributed by atoms with van der Waals surface area (Å²) in [5, 5.41) is 3.81. The molecular weight excluding hydrogens is 463 g/mol. The number of rotatable bonds is 7. The summed E-state index contributed by atoms with van der Waals surface area (Å²) >= 11 is 5.94. The van der Waals surface area contributed by atoms with Crippen LogP contribution in [0.2, 0.25) is 5.02 Å². The number of imidazole rings is 1. The predicted octanol–water partition coefficient (Wildman–Crippen LogP) is 5.45. The van der Waals surface area contributed by atoms with Gasteiger partial charge in [-0.25, -0.2) is 9.37 Å².